The summed E-state index contributed by atoms with van der Waals surface area (Å²) in [5.41, 5.74) is 8.51. The Morgan fingerprint density at radius 2 is 2.29 bits per heavy atom. The van der Waals surface area contributed by atoms with Crippen molar-refractivity contribution in [1.82, 2.24) is 0 Å². The van der Waals surface area contributed by atoms with Crippen LogP contribution in [-0.4, -0.2) is 17.1 Å². The average Bonchev–Trinajstić information content (AvgIpc) is 2.67. The second-order valence-electron chi connectivity index (χ2n) is 3.21. The number of hydrogen-bond acceptors (Lipinski definition) is 3. The third kappa shape index (κ3) is 1.75. The first-order valence-corrected chi connectivity index (χ1v) is 5.57. The maximum absolute atomic E-state index is 5.84. The molecule has 1 aliphatic heterocycles. The van der Waals surface area contributed by atoms with Crippen molar-refractivity contribution in [2.24, 2.45) is 5.16 Å². The van der Waals surface area contributed by atoms with Gasteiger partial charge in [0.1, 0.15) is 6.10 Å². The van der Waals surface area contributed by atoms with Gasteiger partial charge in [-0.25, -0.2) is 0 Å². The number of halogens is 1. The third-order valence-corrected chi connectivity index (χ3v) is 2.90. The number of rotatable bonds is 2. The van der Waals surface area contributed by atoms with Gasteiger partial charge in [-0.3, -0.25) is 0 Å². The lowest BCUT2D eigenvalue weighted by Crippen LogP contribution is -2.10. The summed E-state index contributed by atoms with van der Waals surface area (Å²) in [7, 11) is 0. The highest BCUT2D eigenvalue weighted by Gasteiger charge is 2.21. The van der Waals surface area contributed by atoms with Gasteiger partial charge in [-0.1, -0.05) is 39.3 Å². The molecule has 2 N–H and O–H groups in total. The maximum Gasteiger partial charge on any atom is 0.142 e. The van der Waals surface area contributed by atoms with Gasteiger partial charge in [-0.05, 0) is 6.07 Å². The fraction of sp³-hybridized carbons (Fsp3) is 0.300. The summed E-state index contributed by atoms with van der Waals surface area (Å²) >= 11 is 3.37. The third-order valence-electron chi connectivity index (χ3n) is 2.18. The van der Waals surface area contributed by atoms with E-state index >= 15 is 0 Å². The molecular formula is C10H11BrN2O. The highest BCUT2D eigenvalue weighted by molar-refractivity contribution is 9.09. The average molecular weight is 255 g/mol. The van der Waals surface area contributed by atoms with Crippen LogP contribution in [0.25, 0.3) is 0 Å². The van der Waals surface area contributed by atoms with Crippen LogP contribution < -0.4 is 5.73 Å². The summed E-state index contributed by atoms with van der Waals surface area (Å²) in [6.07, 6.45) is 0.962. The minimum Gasteiger partial charge on any atom is -0.398 e. The highest BCUT2D eigenvalue weighted by atomic mass is 79.9. The maximum atomic E-state index is 5.84. The van der Waals surface area contributed by atoms with Crippen molar-refractivity contribution in [2.75, 3.05) is 11.1 Å². The van der Waals surface area contributed by atoms with E-state index in [2.05, 4.69) is 21.1 Å². The van der Waals surface area contributed by atoms with Crippen LogP contribution in [0.3, 0.4) is 0 Å². The first-order chi connectivity index (χ1) is 6.81. The monoisotopic (exact) mass is 254 g/mol. The van der Waals surface area contributed by atoms with Crippen molar-refractivity contribution in [3.05, 3.63) is 29.8 Å². The SMILES string of the molecule is Nc1ccccc1C1=NO[C@H](CBr)C1. The molecule has 1 aliphatic rings. The lowest BCUT2D eigenvalue weighted by atomic mass is 10.0. The van der Waals surface area contributed by atoms with Gasteiger partial charge in [-0.15, -0.1) is 0 Å². The molecule has 0 fully saturated rings. The van der Waals surface area contributed by atoms with Crippen molar-refractivity contribution in [3.63, 3.8) is 0 Å². The molecule has 0 aromatic heterocycles. The molecule has 0 spiro atoms. The molecule has 4 heteroatoms. The molecule has 1 heterocycles. The topological polar surface area (TPSA) is 47.6 Å². The van der Waals surface area contributed by atoms with Gasteiger partial charge in [0.25, 0.3) is 0 Å². The summed E-state index contributed by atoms with van der Waals surface area (Å²) in [4.78, 5) is 5.21. The van der Waals surface area contributed by atoms with Gasteiger partial charge in [0.05, 0.1) is 5.71 Å². The van der Waals surface area contributed by atoms with E-state index in [1.165, 1.54) is 0 Å². The lowest BCUT2D eigenvalue weighted by molar-refractivity contribution is 0.104. The van der Waals surface area contributed by atoms with Gasteiger partial charge in [0.15, 0.2) is 0 Å². The molecule has 0 aliphatic carbocycles. The Hall–Kier alpha value is -1.03. The summed E-state index contributed by atoms with van der Waals surface area (Å²) in [6.45, 7) is 0. The summed E-state index contributed by atoms with van der Waals surface area (Å²) in [5.74, 6) is 0. The van der Waals surface area contributed by atoms with Crippen LogP contribution in [0.15, 0.2) is 29.4 Å². The van der Waals surface area contributed by atoms with E-state index in [0.717, 1.165) is 28.7 Å². The van der Waals surface area contributed by atoms with Crippen LogP contribution in [0.4, 0.5) is 5.69 Å². The van der Waals surface area contributed by atoms with Crippen LogP contribution in [-0.2, 0) is 4.84 Å². The fourth-order valence-electron chi connectivity index (χ4n) is 1.43. The molecule has 1 aromatic rings. The lowest BCUT2D eigenvalue weighted by Gasteiger charge is -2.03. The van der Waals surface area contributed by atoms with Crippen LogP contribution in [0, 0.1) is 0 Å². The second-order valence-corrected chi connectivity index (χ2v) is 3.86. The van der Waals surface area contributed by atoms with E-state index in [4.69, 9.17) is 10.6 Å². The number of nitrogens with two attached hydrogens (primary N) is 1. The highest BCUT2D eigenvalue weighted by Crippen LogP contribution is 2.21. The van der Waals surface area contributed by atoms with Crippen molar-refractivity contribution in [3.8, 4) is 0 Å². The first-order valence-electron chi connectivity index (χ1n) is 4.45. The van der Waals surface area contributed by atoms with Gasteiger partial charge < -0.3 is 10.6 Å². The summed E-state index contributed by atoms with van der Waals surface area (Å²) < 4.78 is 0. The Morgan fingerprint density at radius 1 is 1.50 bits per heavy atom. The van der Waals surface area contributed by atoms with Crippen LogP contribution in [0.5, 0.6) is 0 Å². The molecule has 2 rings (SSSR count). The van der Waals surface area contributed by atoms with E-state index in [0.29, 0.717) is 0 Å². The Balaban J connectivity index is 2.22. The van der Waals surface area contributed by atoms with Crippen LogP contribution in [0.2, 0.25) is 0 Å². The number of para-hydroxylation sites is 1. The van der Waals surface area contributed by atoms with E-state index in [1.807, 2.05) is 24.3 Å². The van der Waals surface area contributed by atoms with Crippen molar-refractivity contribution >= 4 is 27.3 Å². The Kier molecular flexibility index (Phi) is 2.72. The molecule has 74 valence electrons. The Labute approximate surface area is 91.1 Å². The van der Waals surface area contributed by atoms with Gasteiger partial charge in [0.2, 0.25) is 0 Å². The molecule has 0 saturated heterocycles. The standard InChI is InChI=1S/C10H11BrN2O/c11-6-7-5-10(13-14-7)8-3-1-2-4-9(8)12/h1-4,7H,5-6,12H2/t7-/m0/s1. The number of alkyl halides is 1. The Morgan fingerprint density at radius 3 is 2.93 bits per heavy atom. The minimum atomic E-state index is 0.143. The number of hydrogen-bond donors (Lipinski definition) is 1. The normalized spacial score (nSPS) is 20.4. The van der Waals surface area contributed by atoms with Crippen molar-refractivity contribution in [1.29, 1.82) is 0 Å². The predicted octanol–water partition coefficient (Wildman–Crippen LogP) is 2.16. The number of anilines is 1. The molecule has 1 atom stereocenters. The molecular weight excluding hydrogens is 244 g/mol. The molecule has 14 heavy (non-hydrogen) atoms. The smallest absolute Gasteiger partial charge is 0.142 e. The first kappa shape index (κ1) is 9.52. The minimum absolute atomic E-state index is 0.143. The number of benzene rings is 1. The molecule has 0 radical (unpaired) electrons. The molecule has 0 bridgehead atoms. The van der Waals surface area contributed by atoms with Crippen LogP contribution >= 0.6 is 15.9 Å². The fourth-order valence-corrected chi connectivity index (χ4v) is 1.78. The van der Waals surface area contributed by atoms with Crippen LogP contribution in [0.1, 0.15) is 12.0 Å². The zero-order chi connectivity index (χ0) is 9.97. The Bertz CT molecular complexity index is 365. The summed E-state index contributed by atoms with van der Waals surface area (Å²) in [6, 6.07) is 7.71. The van der Waals surface area contributed by atoms with Crippen molar-refractivity contribution < 1.29 is 4.84 Å². The van der Waals surface area contributed by atoms with E-state index in [1.54, 1.807) is 0 Å². The predicted molar refractivity (Wildman–Crippen MR) is 60.7 cm³/mol. The van der Waals surface area contributed by atoms with Crippen molar-refractivity contribution in [2.45, 2.75) is 12.5 Å². The van der Waals surface area contributed by atoms with Gasteiger partial charge in [0, 0.05) is 23.0 Å². The van der Waals surface area contributed by atoms with E-state index in [9.17, 15) is 0 Å². The second kappa shape index (κ2) is 4.00. The number of nitrogen functional groups attached to an aromatic ring is 1. The zero-order valence-corrected chi connectivity index (χ0v) is 9.20. The quantitative estimate of drug-likeness (QED) is 0.650. The number of oxime groups is 1. The summed E-state index contributed by atoms with van der Waals surface area (Å²) in [5, 5.41) is 4.82. The number of nitrogens with zero attached hydrogens (tertiary/aromatic N) is 1. The molecule has 0 saturated carbocycles. The molecule has 3 nitrogen and oxygen atoms in total. The molecule has 0 unspecified atom stereocenters. The van der Waals surface area contributed by atoms with Gasteiger partial charge in [-0.2, -0.15) is 0 Å². The van der Waals surface area contributed by atoms with E-state index < -0.39 is 0 Å². The molecule has 0 amide bonds. The largest absolute Gasteiger partial charge is 0.398 e. The van der Waals surface area contributed by atoms with E-state index in [-0.39, 0.29) is 6.10 Å². The molecule has 1 aromatic carbocycles. The zero-order valence-electron chi connectivity index (χ0n) is 7.61. The van der Waals surface area contributed by atoms with Gasteiger partial charge >= 0.3 is 0 Å².